The fourth-order valence-corrected chi connectivity index (χ4v) is 2.09. The molecular formula is C13H14N2O5. The average molecular weight is 278 g/mol. The number of carboxylic acids is 1. The maximum absolute atomic E-state index is 12.4. The van der Waals surface area contributed by atoms with Crippen LogP contribution in [0.5, 0.6) is 0 Å². The van der Waals surface area contributed by atoms with Crippen LogP contribution in [0.4, 0.5) is 0 Å². The predicted molar refractivity (Wildman–Crippen MR) is 68.2 cm³/mol. The third kappa shape index (κ3) is 2.62. The highest BCUT2D eigenvalue weighted by molar-refractivity contribution is 6.06. The minimum absolute atomic E-state index is 0.0241. The Morgan fingerprint density at radius 1 is 1.25 bits per heavy atom. The van der Waals surface area contributed by atoms with Gasteiger partial charge in [0.15, 0.2) is 0 Å². The molecule has 7 nitrogen and oxygen atoms in total. The summed E-state index contributed by atoms with van der Waals surface area (Å²) in [7, 11) is 0. The molecule has 1 fully saturated rings. The first-order valence-corrected chi connectivity index (χ1v) is 6.02. The van der Waals surface area contributed by atoms with Crippen molar-refractivity contribution in [3.8, 4) is 0 Å². The van der Waals surface area contributed by atoms with Gasteiger partial charge in [-0.15, -0.1) is 0 Å². The van der Waals surface area contributed by atoms with Gasteiger partial charge in [0.25, 0.3) is 5.91 Å². The van der Waals surface area contributed by atoms with Gasteiger partial charge in [0, 0.05) is 6.54 Å². The zero-order chi connectivity index (χ0) is 14.7. The molecule has 0 aromatic heterocycles. The van der Waals surface area contributed by atoms with E-state index < -0.39 is 23.8 Å². The molecule has 0 saturated carbocycles. The summed E-state index contributed by atoms with van der Waals surface area (Å²) in [5, 5.41) is 9.10. The monoisotopic (exact) mass is 278 g/mol. The van der Waals surface area contributed by atoms with Crippen molar-refractivity contribution in [2.75, 3.05) is 19.8 Å². The number of carbonyl (C=O) groups excluding carboxylic acids is 2. The van der Waals surface area contributed by atoms with E-state index in [9.17, 15) is 14.4 Å². The van der Waals surface area contributed by atoms with E-state index in [1.807, 2.05) is 0 Å². The summed E-state index contributed by atoms with van der Waals surface area (Å²) in [4.78, 5) is 36.2. The molecule has 1 saturated heterocycles. The lowest BCUT2D eigenvalue weighted by molar-refractivity contribution is -0.127. The molecule has 1 unspecified atom stereocenters. The summed E-state index contributed by atoms with van der Waals surface area (Å²) in [5.41, 5.74) is 5.17. The van der Waals surface area contributed by atoms with Gasteiger partial charge in [-0.2, -0.15) is 0 Å². The summed E-state index contributed by atoms with van der Waals surface area (Å²) in [6, 6.07) is 4.98. The summed E-state index contributed by atoms with van der Waals surface area (Å²) >= 11 is 0. The van der Waals surface area contributed by atoms with Crippen molar-refractivity contribution < 1.29 is 24.2 Å². The van der Waals surface area contributed by atoms with E-state index in [-0.39, 0.29) is 30.9 Å². The lowest BCUT2D eigenvalue weighted by atomic mass is 10.0. The van der Waals surface area contributed by atoms with Gasteiger partial charge in [0.1, 0.15) is 6.04 Å². The van der Waals surface area contributed by atoms with Crippen molar-refractivity contribution in [2.45, 2.75) is 6.04 Å². The SMILES string of the molecule is NC(=O)C1COCCN1C(=O)c1ccccc1C(=O)O. The van der Waals surface area contributed by atoms with Gasteiger partial charge >= 0.3 is 5.97 Å². The van der Waals surface area contributed by atoms with Crippen molar-refractivity contribution in [2.24, 2.45) is 5.73 Å². The van der Waals surface area contributed by atoms with E-state index >= 15 is 0 Å². The molecule has 0 bridgehead atoms. The zero-order valence-corrected chi connectivity index (χ0v) is 10.6. The number of morpholine rings is 1. The second-order valence-corrected chi connectivity index (χ2v) is 4.34. The van der Waals surface area contributed by atoms with Crippen molar-refractivity contribution in [1.82, 2.24) is 4.90 Å². The van der Waals surface area contributed by atoms with Crippen LogP contribution in [0, 0.1) is 0 Å². The fraction of sp³-hybridized carbons (Fsp3) is 0.308. The second kappa shape index (κ2) is 5.70. The molecular weight excluding hydrogens is 264 g/mol. The normalized spacial score (nSPS) is 18.6. The van der Waals surface area contributed by atoms with E-state index in [0.29, 0.717) is 0 Å². The number of hydrogen-bond acceptors (Lipinski definition) is 4. The number of hydrogen-bond donors (Lipinski definition) is 2. The third-order valence-corrected chi connectivity index (χ3v) is 3.11. The number of carbonyl (C=O) groups is 3. The first-order chi connectivity index (χ1) is 9.52. The zero-order valence-electron chi connectivity index (χ0n) is 10.6. The first-order valence-electron chi connectivity index (χ1n) is 6.02. The Morgan fingerprint density at radius 3 is 2.50 bits per heavy atom. The lowest BCUT2D eigenvalue weighted by Crippen LogP contribution is -2.54. The lowest BCUT2D eigenvalue weighted by Gasteiger charge is -2.33. The molecule has 2 rings (SSSR count). The number of benzene rings is 1. The van der Waals surface area contributed by atoms with Gasteiger partial charge in [-0.1, -0.05) is 12.1 Å². The Balaban J connectivity index is 2.35. The first kappa shape index (κ1) is 14.0. The molecule has 1 atom stereocenters. The van der Waals surface area contributed by atoms with Crippen LogP contribution in [-0.4, -0.2) is 53.6 Å². The van der Waals surface area contributed by atoms with Crippen molar-refractivity contribution in [3.05, 3.63) is 35.4 Å². The number of nitrogens with two attached hydrogens (primary N) is 1. The predicted octanol–water partition coefficient (Wildman–Crippen LogP) is -0.289. The summed E-state index contributed by atoms with van der Waals surface area (Å²) in [6.07, 6.45) is 0. The largest absolute Gasteiger partial charge is 0.478 e. The van der Waals surface area contributed by atoms with E-state index in [1.54, 1.807) is 6.07 Å². The number of rotatable bonds is 3. The molecule has 3 N–H and O–H groups in total. The molecule has 1 heterocycles. The van der Waals surface area contributed by atoms with E-state index in [2.05, 4.69) is 0 Å². The molecule has 1 aromatic rings. The van der Waals surface area contributed by atoms with Crippen molar-refractivity contribution in [1.29, 1.82) is 0 Å². The average Bonchev–Trinajstić information content (AvgIpc) is 2.46. The Hall–Kier alpha value is -2.41. The van der Waals surface area contributed by atoms with Crippen LogP contribution in [0.2, 0.25) is 0 Å². The van der Waals surface area contributed by atoms with Crippen LogP contribution in [-0.2, 0) is 9.53 Å². The molecule has 0 radical (unpaired) electrons. The van der Waals surface area contributed by atoms with Crippen molar-refractivity contribution >= 4 is 17.8 Å². The standard InChI is InChI=1S/C13H14N2O5/c14-11(16)10-7-20-6-5-15(10)12(17)8-3-1-2-4-9(8)13(18)19/h1-4,10H,5-7H2,(H2,14,16)(H,18,19). The van der Waals surface area contributed by atoms with Crippen LogP contribution >= 0.6 is 0 Å². The highest BCUT2D eigenvalue weighted by Crippen LogP contribution is 2.16. The molecule has 106 valence electrons. The number of nitrogens with zero attached hydrogens (tertiary/aromatic N) is 1. The molecule has 7 heteroatoms. The third-order valence-electron chi connectivity index (χ3n) is 3.11. The van der Waals surface area contributed by atoms with Crippen LogP contribution < -0.4 is 5.73 Å². The van der Waals surface area contributed by atoms with Gasteiger partial charge in [0.2, 0.25) is 5.91 Å². The Kier molecular flexibility index (Phi) is 3.99. The van der Waals surface area contributed by atoms with E-state index in [1.165, 1.54) is 23.1 Å². The maximum Gasteiger partial charge on any atom is 0.336 e. The van der Waals surface area contributed by atoms with Gasteiger partial charge < -0.3 is 20.5 Å². The molecule has 0 aliphatic carbocycles. The molecule has 0 spiro atoms. The van der Waals surface area contributed by atoms with Crippen LogP contribution in [0.25, 0.3) is 0 Å². The van der Waals surface area contributed by atoms with Gasteiger partial charge in [-0.3, -0.25) is 9.59 Å². The highest BCUT2D eigenvalue weighted by Gasteiger charge is 2.33. The van der Waals surface area contributed by atoms with Gasteiger partial charge in [0.05, 0.1) is 24.3 Å². The maximum atomic E-state index is 12.4. The van der Waals surface area contributed by atoms with Crippen LogP contribution in [0.15, 0.2) is 24.3 Å². The molecule has 1 aromatic carbocycles. The fourth-order valence-electron chi connectivity index (χ4n) is 2.09. The molecule has 1 aliphatic heterocycles. The Morgan fingerprint density at radius 2 is 1.90 bits per heavy atom. The van der Waals surface area contributed by atoms with E-state index in [4.69, 9.17) is 15.6 Å². The molecule has 20 heavy (non-hydrogen) atoms. The number of carboxylic acid groups (broad SMARTS) is 1. The van der Waals surface area contributed by atoms with E-state index in [0.717, 1.165) is 0 Å². The highest BCUT2D eigenvalue weighted by atomic mass is 16.5. The minimum atomic E-state index is -1.20. The topological polar surface area (TPSA) is 110 Å². The van der Waals surface area contributed by atoms with Gasteiger partial charge in [-0.25, -0.2) is 4.79 Å². The number of amides is 2. The van der Waals surface area contributed by atoms with Crippen molar-refractivity contribution in [3.63, 3.8) is 0 Å². The number of ether oxygens (including phenoxy) is 1. The smallest absolute Gasteiger partial charge is 0.336 e. The van der Waals surface area contributed by atoms with Crippen LogP contribution in [0.3, 0.4) is 0 Å². The molecule has 2 amide bonds. The Bertz CT molecular complexity index is 557. The Labute approximate surface area is 114 Å². The summed E-state index contributed by atoms with van der Waals surface area (Å²) < 4.78 is 5.13. The molecule has 1 aliphatic rings. The quantitative estimate of drug-likeness (QED) is 0.789. The summed E-state index contributed by atoms with van der Waals surface area (Å²) in [6.45, 7) is 0.501. The summed E-state index contributed by atoms with van der Waals surface area (Å²) in [5.74, 6) is -2.40. The van der Waals surface area contributed by atoms with Gasteiger partial charge in [-0.05, 0) is 12.1 Å². The number of primary amides is 1. The minimum Gasteiger partial charge on any atom is -0.478 e. The second-order valence-electron chi connectivity index (χ2n) is 4.34. The number of aromatic carboxylic acids is 1. The van der Waals surface area contributed by atoms with Crippen LogP contribution in [0.1, 0.15) is 20.7 Å².